The largest absolute Gasteiger partial charge is 0.629 e. The van der Waals surface area contributed by atoms with Crippen molar-refractivity contribution in [2.75, 3.05) is 18.9 Å². The molecular weight excluding hydrogens is 232 g/mol. The lowest BCUT2D eigenvalue weighted by Gasteiger charge is -2.19. The van der Waals surface area contributed by atoms with Crippen LogP contribution in [0.1, 0.15) is 5.56 Å². The van der Waals surface area contributed by atoms with Crippen LogP contribution in [0.5, 0.6) is 0 Å². The van der Waals surface area contributed by atoms with Crippen molar-refractivity contribution >= 4 is 27.3 Å². The number of halogens is 1. The van der Waals surface area contributed by atoms with Gasteiger partial charge in [-0.25, -0.2) is 0 Å². The molecule has 3 nitrogen and oxygen atoms in total. The molecule has 1 aliphatic heterocycles. The van der Waals surface area contributed by atoms with Gasteiger partial charge in [-0.1, -0.05) is 0 Å². The summed E-state index contributed by atoms with van der Waals surface area (Å²) in [7, 11) is 1.61. The molecular formula is C9H11BrN2O. The predicted octanol–water partition coefficient (Wildman–Crippen LogP) is 1.06. The summed E-state index contributed by atoms with van der Waals surface area (Å²) in [6.07, 6.45) is 0.948. The highest BCUT2D eigenvalue weighted by molar-refractivity contribution is 9.10. The Morgan fingerprint density at radius 2 is 2.31 bits per heavy atom. The van der Waals surface area contributed by atoms with Gasteiger partial charge in [0, 0.05) is 17.8 Å². The lowest BCUT2D eigenvalue weighted by molar-refractivity contribution is -0.752. The number of anilines is 1. The minimum atomic E-state index is 0.132. The zero-order valence-corrected chi connectivity index (χ0v) is 8.94. The Morgan fingerprint density at radius 1 is 1.54 bits per heavy atom. The number of quaternary nitrogens is 1. The maximum absolute atomic E-state index is 11.4. The van der Waals surface area contributed by atoms with Crippen LogP contribution in [0.15, 0.2) is 16.6 Å². The van der Waals surface area contributed by atoms with Crippen LogP contribution >= 0.6 is 15.9 Å². The Kier molecular flexibility index (Phi) is 2.27. The second kappa shape index (κ2) is 3.29. The molecule has 1 aromatic rings. The van der Waals surface area contributed by atoms with Crippen molar-refractivity contribution in [3.63, 3.8) is 0 Å². The van der Waals surface area contributed by atoms with Crippen molar-refractivity contribution in [2.24, 2.45) is 0 Å². The van der Waals surface area contributed by atoms with Crippen molar-refractivity contribution in [1.29, 1.82) is 0 Å². The number of rotatable bonds is 1. The van der Waals surface area contributed by atoms with Crippen molar-refractivity contribution in [3.05, 3.63) is 27.4 Å². The molecule has 0 aliphatic carbocycles. The molecule has 0 saturated heterocycles. The molecule has 2 N–H and O–H groups in total. The van der Waals surface area contributed by atoms with E-state index < -0.39 is 0 Å². The molecule has 4 heteroatoms. The number of hydroxylamine groups is 1. The van der Waals surface area contributed by atoms with Gasteiger partial charge in [-0.2, -0.15) is 0 Å². The minimum absolute atomic E-state index is 0.132. The number of fused-ring (bicyclic) bond motifs is 1. The first-order chi connectivity index (χ1) is 6.20. The van der Waals surface area contributed by atoms with Crippen LogP contribution in [-0.2, 0) is 6.42 Å². The van der Waals surface area contributed by atoms with E-state index in [0.29, 0.717) is 0 Å². The second-order valence-corrected chi connectivity index (χ2v) is 4.04. The van der Waals surface area contributed by atoms with Crippen LogP contribution in [-0.4, -0.2) is 13.6 Å². The Hall–Kier alpha value is -0.580. The first-order valence-corrected chi connectivity index (χ1v) is 5.05. The summed E-state index contributed by atoms with van der Waals surface area (Å²) in [4.78, 5) is 0. The first-order valence-electron chi connectivity index (χ1n) is 4.26. The molecule has 0 spiro atoms. The summed E-state index contributed by atoms with van der Waals surface area (Å²) in [5, 5.41) is 14.7. The van der Waals surface area contributed by atoms with Crippen LogP contribution in [0.25, 0.3) is 0 Å². The molecule has 0 fully saturated rings. The highest BCUT2D eigenvalue weighted by Gasteiger charge is 2.19. The lowest BCUT2D eigenvalue weighted by atomic mass is 10.1. The molecule has 0 bridgehead atoms. The molecule has 0 aromatic heterocycles. The van der Waals surface area contributed by atoms with E-state index in [0.717, 1.165) is 34.4 Å². The van der Waals surface area contributed by atoms with E-state index in [4.69, 9.17) is 0 Å². The summed E-state index contributed by atoms with van der Waals surface area (Å²) >= 11 is 3.40. The fraction of sp³-hybridized carbons (Fsp3) is 0.333. The molecule has 2 rings (SSSR count). The van der Waals surface area contributed by atoms with Gasteiger partial charge >= 0.3 is 0 Å². The van der Waals surface area contributed by atoms with Gasteiger partial charge in [-0.15, -0.1) is 0 Å². The van der Waals surface area contributed by atoms with Gasteiger partial charge < -0.3 is 15.6 Å². The number of nitrogens with one attached hydrogen (secondary N) is 2. The van der Waals surface area contributed by atoms with Gasteiger partial charge in [0.2, 0.25) is 0 Å². The van der Waals surface area contributed by atoms with Gasteiger partial charge in [0.25, 0.3) is 0 Å². The highest BCUT2D eigenvalue weighted by Crippen LogP contribution is 2.32. The van der Waals surface area contributed by atoms with Gasteiger partial charge in [0.05, 0.1) is 11.5 Å². The molecule has 0 saturated carbocycles. The molecule has 1 aliphatic rings. The molecule has 1 aromatic carbocycles. The van der Waals surface area contributed by atoms with Gasteiger partial charge in [0.15, 0.2) is 5.69 Å². The molecule has 13 heavy (non-hydrogen) atoms. The second-order valence-electron chi connectivity index (χ2n) is 3.18. The first kappa shape index (κ1) is 8.99. The van der Waals surface area contributed by atoms with Crippen LogP contribution in [0, 0.1) is 5.21 Å². The summed E-state index contributed by atoms with van der Waals surface area (Å²) in [6.45, 7) is 0.937. The van der Waals surface area contributed by atoms with Crippen LogP contribution in [0.3, 0.4) is 0 Å². The third kappa shape index (κ3) is 1.45. The van der Waals surface area contributed by atoms with Crippen molar-refractivity contribution < 1.29 is 5.06 Å². The number of benzene rings is 1. The summed E-state index contributed by atoms with van der Waals surface area (Å²) in [5.74, 6) is 0. The molecule has 1 heterocycles. The fourth-order valence-electron chi connectivity index (χ4n) is 1.75. The van der Waals surface area contributed by atoms with E-state index in [1.165, 1.54) is 0 Å². The zero-order chi connectivity index (χ0) is 9.42. The summed E-state index contributed by atoms with van der Waals surface area (Å²) < 4.78 is 0.905. The Balaban J connectivity index is 2.58. The highest BCUT2D eigenvalue weighted by atomic mass is 79.9. The smallest absolute Gasteiger partial charge is 0.150 e. The molecule has 1 atom stereocenters. The molecule has 1 unspecified atom stereocenters. The topological polar surface area (TPSA) is 39.5 Å². The van der Waals surface area contributed by atoms with E-state index in [1.807, 2.05) is 12.1 Å². The van der Waals surface area contributed by atoms with Gasteiger partial charge in [0.1, 0.15) is 0 Å². The van der Waals surface area contributed by atoms with E-state index in [1.54, 1.807) is 7.05 Å². The zero-order valence-electron chi connectivity index (χ0n) is 7.36. The quantitative estimate of drug-likeness (QED) is 0.724. The average molecular weight is 243 g/mol. The Labute approximate surface area is 85.4 Å². The van der Waals surface area contributed by atoms with Crippen molar-refractivity contribution in [2.45, 2.75) is 6.42 Å². The summed E-state index contributed by atoms with van der Waals surface area (Å²) in [6, 6.07) is 3.94. The fourth-order valence-corrected chi connectivity index (χ4v) is 2.40. The lowest BCUT2D eigenvalue weighted by Crippen LogP contribution is -2.98. The maximum Gasteiger partial charge on any atom is 0.150 e. The van der Waals surface area contributed by atoms with E-state index >= 15 is 0 Å². The number of hydrogen-bond donors (Lipinski definition) is 2. The van der Waals surface area contributed by atoms with E-state index in [9.17, 15) is 5.21 Å². The average Bonchev–Trinajstić information content (AvgIpc) is 2.50. The predicted molar refractivity (Wildman–Crippen MR) is 56.2 cm³/mol. The Bertz CT molecular complexity index is 339. The van der Waals surface area contributed by atoms with Crippen LogP contribution in [0.4, 0.5) is 11.4 Å². The number of hydrogen-bond acceptors (Lipinski definition) is 2. The van der Waals surface area contributed by atoms with E-state index in [-0.39, 0.29) is 5.06 Å². The maximum atomic E-state index is 11.4. The Morgan fingerprint density at radius 3 is 3.00 bits per heavy atom. The molecule has 70 valence electrons. The normalized spacial score (nSPS) is 16.5. The molecule has 0 amide bonds. The molecule has 0 radical (unpaired) electrons. The van der Waals surface area contributed by atoms with Crippen LogP contribution in [0.2, 0.25) is 0 Å². The van der Waals surface area contributed by atoms with Crippen molar-refractivity contribution in [1.82, 2.24) is 0 Å². The van der Waals surface area contributed by atoms with Crippen molar-refractivity contribution in [3.8, 4) is 0 Å². The SMILES string of the molecule is C[NH+]([O-])c1c(Br)ccc2c1CCN2. The summed E-state index contributed by atoms with van der Waals surface area (Å²) in [5.41, 5.74) is 3.10. The minimum Gasteiger partial charge on any atom is -0.629 e. The van der Waals surface area contributed by atoms with Gasteiger partial charge in [-0.3, -0.25) is 0 Å². The third-order valence-corrected chi connectivity index (χ3v) is 2.97. The monoisotopic (exact) mass is 242 g/mol. The van der Waals surface area contributed by atoms with Gasteiger partial charge in [-0.05, 0) is 34.5 Å². The standard InChI is InChI=1S/C9H11BrN2O/c1-12(13)9-6-4-5-11-8(6)3-2-7(9)10/h2-3,11-12H,4-5H2,1H3. The third-order valence-electron chi connectivity index (χ3n) is 2.30. The van der Waals surface area contributed by atoms with Crippen LogP contribution < -0.4 is 10.4 Å². The van der Waals surface area contributed by atoms with E-state index in [2.05, 4.69) is 21.2 Å².